The van der Waals surface area contributed by atoms with Gasteiger partial charge in [0.05, 0.1) is 18.6 Å². The van der Waals surface area contributed by atoms with Gasteiger partial charge in [0, 0.05) is 24.6 Å². The van der Waals surface area contributed by atoms with Crippen molar-refractivity contribution in [3.05, 3.63) is 42.7 Å². The van der Waals surface area contributed by atoms with Crippen LogP contribution < -0.4 is 15.5 Å². The summed E-state index contributed by atoms with van der Waals surface area (Å²) in [5.74, 6) is -0.236. The highest BCUT2D eigenvalue weighted by molar-refractivity contribution is 7.80. The third kappa shape index (κ3) is 4.09. The molecule has 0 aliphatic carbocycles. The molecule has 2 aliphatic rings. The minimum atomic E-state index is -0.236. The topological polar surface area (TPSA) is 28.5 Å². The van der Waals surface area contributed by atoms with E-state index in [1.165, 1.54) is 31.4 Å². The molecule has 0 saturated carbocycles. The summed E-state index contributed by atoms with van der Waals surface area (Å²) in [6, 6.07) is 8.14. The van der Waals surface area contributed by atoms with Gasteiger partial charge in [-0.1, -0.05) is 6.58 Å². The van der Waals surface area contributed by atoms with Crippen LogP contribution in [0.5, 0.6) is 0 Å². The van der Waals surface area contributed by atoms with Crippen molar-refractivity contribution in [3.63, 3.8) is 0 Å². The first kappa shape index (κ1) is 16.4. The summed E-state index contributed by atoms with van der Waals surface area (Å²) in [5.41, 5.74) is 0.818. The SMILES string of the molecule is C=CC[NH+]1[C@@H]2CCC[C@H]1CC(NC(=S)Nc1ccc(F)cc1)C2. The first-order valence-electron chi connectivity index (χ1n) is 8.45. The standard InChI is InChI=1S/C18H24FN3S/c1-2-10-22-16-4-3-5-17(22)12-15(11-16)21-18(23)20-14-8-6-13(19)7-9-14/h2,6-9,15-17H,1,3-5,10-12H2,(H2,20,21,23)/p+1/t15?,16-,17+. The molecule has 2 unspecified atom stereocenters. The number of nitrogens with one attached hydrogen (secondary N) is 3. The molecule has 2 fully saturated rings. The summed E-state index contributed by atoms with van der Waals surface area (Å²) in [5, 5.41) is 7.24. The van der Waals surface area contributed by atoms with Crippen LogP contribution in [0.25, 0.3) is 0 Å². The van der Waals surface area contributed by atoms with Crippen LogP contribution in [0, 0.1) is 5.82 Å². The molecule has 3 N–H and O–H groups in total. The number of anilines is 1. The van der Waals surface area contributed by atoms with Gasteiger partial charge in [0.25, 0.3) is 0 Å². The van der Waals surface area contributed by atoms with Gasteiger partial charge in [-0.05, 0) is 61.8 Å². The Kier molecular flexibility index (Phi) is 5.28. The molecule has 0 amide bonds. The van der Waals surface area contributed by atoms with Crippen molar-refractivity contribution in [1.29, 1.82) is 0 Å². The van der Waals surface area contributed by atoms with Gasteiger partial charge >= 0.3 is 0 Å². The van der Waals surface area contributed by atoms with Gasteiger partial charge in [-0.3, -0.25) is 0 Å². The largest absolute Gasteiger partial charge is 0.359 e. The number of fused-ring (bicyclic) bond motifs is 2. The zero-order valence-electron chi connectivity index (χ0n) is 13.4. The Balaban J connectivity index is 1.55. The summed E-state index contributed by atoms with van der Waals surface area (Å²) in [6.45, 7) is 4.98. The fourth-order valence-corrected chi connectivity index (χ4v) is 4.42. The maximum Gasteiger partial charge on any atom is 0.171 e. The monoisotopic (exact) mass is 334 g/mol. The van der Waals surface area contributed by atoms with Crippen LogP contribution in [-0.2, 0) is 0 Å². The molecule has 124 valence electrons. The number of hydrogen-bond donors (Lipinski definition) is 3. The molecular weight excluding hydrogens is 309 g/mol. The van der Waals surface area contributed by atoms with Gasteiger partial charge in [-0.15, -0.1) is 0 Å². The molecule has 1 aromatic carbocycles. The molecule has 23 heavy (non-hydrogen) atoms. The smallest absolute Gasteiger partial charge is 0.171 e. The lowest BCUT2D eigenvalue weighted by Gasteiger charge is -2.45. The van der Waals surface area contributed by atoms with Crippen LogP contribution in [0.3, 0.4) is 0 Å². The number of halogens is 1. The first-order chi connectivity index (χ1) is 11.2. The van der Waals surface area contributed by atoms with E-state index < -0.39 is 0 Å². The van der Waals surface area contributed by atoms with Crippen LogP contribution in [0.4, 0.5) is 10.1 Å². The number of thiocarbonyl (C=S) groups is 1. The highest BCUT2D eigenvalue weighted by atomic mass is 32.1. The maximum absolute atomic E-state index is 12.9. The fourth-order valence-electron chi connectivity index (χ4n) is 4.14. The van der Waals surface area contributed by atoms with E-state index in [0.29, 0.717) is 23.2 Å². The highest BCUT2D eigenvalue weighted by Crippen LogP contribution is 2.22. The number of benzene rings is 1. The van der Waals surface area contributed by atoms with Crippen LogP contribution in [0.15, 0.2) is 36.9 Å². The van der Waals surface area contributed by atoms with E-state index in [1.807, 2.05) is 0 Å². The minimum absolute atomic E-state index is 0.236. The molecule has 0 spiro atoms. The Bertz CT molecular complexity index is 546. The number of piperidine rings is 2. The fraction of sp³-hybridized carbons (Fsp3) is 0.500. The van der Waals surface area contributed by atoms with E-state index in [1.54, 1.807) is 17.0 Å². The van der Waals surface area contributed by atoms with Crippen LogP contribution >= 0.6 is 12.2 Å². The first-order valence-corrected chi connectivity index (χ1v) is 8.86. The zero-order valence-corrected chi connectivity index (χ0v) is 14.2. The highest BCUT2D eigenvalue weighted by Gasteiger charge is 2.41. The Morgan fingerprint density at radius 3 is 2.52 bits per heavy atom. The zero-order chi connectivity index (χ0) is 16.2. The third-order valence-electron chi connectivity index (χ3n) is 5.11. The Morgan fingerprint density at radius 2 is 1.91 bits per heavy atom. The van der Waals surface area contributed by atoms with E-state index in [4.69, 9.17) is 12.2 Å². The van der Waals surface area contributed by atoms with Gasteiger partial charge in [0.2, 0.25) is 0 Å². The third-order valence-corrected chi connectivity index (χ3v) is 5.33. The van der Waals surface area contributed by atoms with Crippen molar-refractivity contribution >= 4 is 23.0 Å². The molecule has 5 heteroatoms. The molecular formula is C18H25FN3S+. The Labute approximate surface area is 142 Å². The summed E-state index contributed by atoms with van der Waals surface area (Å²) < 4.78 is 12.9. The van der Waals surface area contributed by atoms with Crippen molar-refractivity contribution in [2.24, 2.45) is 0 Å². The number of quaternary nitrogens is 1. The van der Waals surface area contributed by atoms with E-state index in [2.05, 4.69) is 23.3 Å². The average Bonchev–Trinajstić information content (AvgIpc) is 2.50. The Morgan fingerprint density at radius 1 is 1.26 bits per heavy atom. The summed E-state index contributed by atoms with van der Waals surface area (Å²) in [4.78, 5) is 1.71. The summed E-state index contributed by atoms with van der Waals surface area (Å²) in [6.07, 6.45) is 8.32. The lowest BCUT2D eigenvalue weighted by Crippen LogP contribution is -3.21. The maximum atomic E-state index is 12.9. The van der Waals surface area contributed by atoms with Gasteiger partial charge in [-0.25, -0.2) is 4.39 Å². The lowest BCUT2D eigenvalue weighted by molar-refractivity contribution is -0.955. The van der Waals surface area contributed by atoms with Gasteiger partial charge in [0.1, 0.15) is 5.82 Å². The van der Waals surface area contributed by atoms with Gasteiger partial charge < -0.3 is 15.5 Å². The molecule has 2 aliphatic heterocycles. The molecule has 2 bridgehead atoms. The molecule has 3 nitrogen and oxygen atoms in total. The van der Waals surface area contributed by atoms with Crippen molar-refractivity contribution in [3.8, 4) is 0 Å². The van der Waals surface area contributed by atoms with Crippen LogP contribution in [0.1, 0.15) is 32.1 Å². The van der Waals surface area contributed by atoms with Crippen molar-refractivity contribution in [2.75, 3.05) is 11.9 Å². The molecule has 0 aromatic heterocycles. The van der Waals surface area contributed by atoms with E-state index in [0.717, 1.165) is 25.1 Å². The van der Waals surface area contributed by atoms with E-state index in [9.17, 15) is 4.39 Å². The van der Waals surface area contributed by atoms with E-state index in [-0.39, 0.29) is 5.82 Å². The normalized spacial score (nSPS) is 29.6. The van der Waals surface area contributed by atoms with Crippen molar-refractivity contribution < 1.29 is 9.29 Å². The Hall–Kier alpha value is -1.46. The van der Waals surface area contributed by atoms with Crippen molar-refractivity contribution in [1.82, 2.24) is 5.32 Å². The molecule has 2 saturated heterocycles. The second-order valence-corrected chi connectivity index (χ2v) is 7.07. The summed E-state index contributed by atoms with van der Waals surface area (Å²) in [7, 11) is 0. The van der Waals surface area contributed by atoms with Gasteiger partial charge in [0.15, 0.2) is 5.11 Å². The predicted molar refractivity (Wildman–Crippen MR) is 96.2 cm³/mol. The molecule has 2 heterocycles. The molecule has 4 atom stereocenters. The average molecular weight is 334 g/mol. The second-order valence-electron chi connectivity index (χ2n) is 6.67. The second kappa shape index (κ2) is 7.41. The predicted octanol–water partition coefficient (Wildman–Crippen LogP) is 2.27. The lowest BCUT2D eigenvalue weighted by atomic mass is 9.82. The number of rotatable bonds is 4. The van der Waals surface area contributed by atoms with Gasteiger partial charge in [-0.2, -0.15) is 0 Å². The summed E-state index contributed by atoms with van der Waals surface area (Å²) >= 11 is 5.42. The van der Waals surface area contributed by atoms with Crippen molar-refractivity contribution in [2.45, 2.75) is 50.2 Å². The van der Waals surface area contributed by atoms with E-state index >= 15 is 0 Å². The molecule has 1 aromatic rings. The minimum Gasteiger partial charge on any atom is -0.359 e. The molecule has 0 radical (unpaired) electrons. The number of hydrogen-bond acceptors (Lipinski definition) is 1. The van der Waals surface area contributed by atoms with Crippen LogP contribution in [-0.4, -0.2) is 29.8 Å². The molecule has 3 rings (SSSR count). The van der Waals surface area contributed by atoms with Crippen LogP contribution in [0.2, 0.25) is 0 Å². The quantitative estimate of drug-likeness (QED) is 0.583.